The Kier molecular flexibility index (Phi) is 3.66. The zero-order chi connectivity index (χ0) is 11.5. The second kappa shape index (κ2) is 5.01. The van der Waals surface area contributed by atoms with E-state index in [1.165, 1.54) is 5.69 Å². The van der Waals surface area contributed by atoms with E-state index in [9.17, 15) is 4.79 Å². The van der Waals surface area contributed by atoms with Crippen molar-refractivity contribution in [1.29, 1.82) is 0 Å². The van der Waals surface area contributed by atoms with Gasteiger partial charge in [-0.15, -0.1) is 0 Å². The summed E-state index contributed by atoms with van der Waals surface area (Å²) in [5.74, 6) is 1.16. The van der Waals surface area contributed by atoms with Gasteiger partial charge in [-0.1, -0.05) is 0 Å². The monoisotopic (exact) mass is 239 g/mol. The van der Waals surface area contributed by atoms with Crippen LogP contribution in [0.3, 0.4) is 0 Å². The van der Waals surface area contributed by atoms with Gasteiger partial charge in [0.1, 0.15) is 5.69 Å². The number of nitrogens with zero attached hydrogens (tertiary/aromatic N) is 3. The zero-order valence-electron chi connectivity index (χ0n) is 9.77. The van der Waals surface area contributed by atoms with Gasteiger partial charge in [-0.05, 0) is 13.2 Å². The van der Waals surface area contributed by atoms with Crippen LogP contribution in [-0.4, -0.2) is 46.1 Å². The predicted octanol–water partition coefficient (Wildman–Crippen LogP) is 1.18. The van der Waals surface area contributed by atoms with Gasteiger partial charge in [0, 0.05) is 31.0 Å². The molecular formula is C11H17N3OS. The molecule has 0 fully saturated rings. The molecule has 5 heteroatoms. The fraction of sp³-hybridized carbons (Fsp3) is 0.636. The third-order valence-corrected chi connectivity index (χ3v) is 3.67. The average molecular weight is 239 g/mol. The summed E-state index contributed by atoms with van der Waals surface area (Å²) in [6, 6.07) is 0. The first-order chi connectivity index (χ1) is 7.76. The van der Waals surface area contributed by atoms with Gasteiger partial charge in [-0.3, -0.25) is 14.4 Å². The molecule has 2 heterocycles. The average Bonchev–Trinajstić information content (AvgIpc) is 2.63. The molecule has 0 unspecified atom stereocenters. The molecule has 1 aromatic rings. The fourth-order valence-corrected chi connectivity index (χ4v) is 2.48. The number of aromatic nitrogens is 2. The number of carbonyl (C=O) groups is 1. The largest absolute Gasteiger partial charge is 0.296 e. The summed E-state index contributed by atoms with van der Waals surface area (Å²) in [6.45, 7) is 5.96. The smallest absolute Gasteiger partial charge is 0.170 e. The van der Waals surface area contributed by atoms with Gasteiger partial charge in [0.15, 0.2) is 6.29 Å². The van der Waals surface area contributed by atoms with Crippen molar-refractivity contribution in [2.75, 3.05) is 25.1 Å². The van der Waals surface area contributed by atoms with Crippen LogP contribution in [0.15, 0.2) is 0 Å². The van der Waals surface area contributed by atoms with Gasteiger partial charge in [0.2, 0.25) is 0 Å². The molecule has 0 bridgehead atoms. The molecule has 0 radical (unpaired) electrons. The molecule has 1 aliphatic rings. The molecule has 0 amide bonds. The predicted molar refractivity (Wildman–Crippen MR) is 66.0 cm³/mol. The quantitative estimate of drug-likeness (QED) is 0.740. The maximum atomic E-state index is 10.8. The summed E-state index contributed by atoms with van der Waals surface area (Å²) < 4.78 is 1.98. The first kappa shape index (κ1) is 11.7. The molecule has 1 aliphatic heterocycles. The van der Waals surface area contributed by atoms with Crippen LogP contribution in [0, 0.1) is 6.92 Å². The van der Waals surface area contributed by atoms with Gasteiger partial charge in [-0.25, -0.2) is 0 Å². The highest BCUT2D eigenvalue weighted by Crippen LogP contribution is 2.18. The Morgan fingerprint density at radius 3 is 3.00 bits per heavy atom. The molecule has 0 N–H and O–H groups in total. The molecule has 0 aliphatic carbocycles. The zero-order valence-corrected chi connectivity index (χ0v) is 10.6. The highest BCUT2D eigenvalue weighted by Gasteiger charge is 2.21. The molecule has 0 saturated heterocycles. The van der Waals surface area contributed by atoms with Crippen molar-refractivity contribution >= 4 is 18.0 Å². The van der Waals surface area contributed by atoms with Gasteiger partial charge in [-0.2, -0.15) is 16.9 Å². The van der Waals surface area contributed by atoms with E-state index in [1.54, 1.807) is 0 Å². The Balaban J connectivity index is 2.13. The van der Waals surface area contributed by atoms with E-state index in [0.717, 1.165) is 43.8 Å². The Morgan fingerprint density at radius 2 is 2.31 bits per heavy atom. The summed E-state index contributed by atoms with van der Waals surface area (Å²) in [6.07, 6.45) is 2.98. The number of carbonyl (C=O) groups excluding carboxylic acids is 1. The van der Waals surface area contributed by atoms with E-state index in [0.29, 0.717) is 5.69 Å². The molecule has 2 rings (SSSR count). The minimum absolute atomic E-state index is 0.599. The van der Waals surface area contributed by atoms with Gasteiger partial charge >= 0.3 is 0 Å². The van der Waals surface area contributed by atoms with Crippen LogP contribution in [0.1, 0.15) is 21.7 Å². The summed E-state index contributed by atoms with van der Waals surface area (Å²) >= 11 is 1.87. The molecular weight excluding hydrogens is 222 g/mol. The van der Waals surface area contributed by atoms with E-state index >= 15 is 0 Å². The van der Waals surface area contributed by atoms with Crippen LogP contribution in [0.5, 0.6) is 0 Å². The van der Waals surface area contributed by atoms with Crippen LogP contribution >= 0.6 is 11.8 Å². The Bertz CT molecular complexity index is 389. The third kappa shape index (κ3) is 2.15. The van der Waals surface area contributed by atoms with Crippen LogP contribution < -0.4 is 0 Å². The van der Waals surface area contributed by atoms with Crippen molar-refractivity contribution in [3.8, 4) is 0 Å². The van der Waals surface area contributed by atoms with E-state index in [4.69, 9.17) is 0 Å². The molecule has 0 spiro atoms. The minimum atomic E-state index is 0.599. The van der Waals surface area contributed by atoms with Crippen LogP contribution in [0.2, 0.25) is 0 Å². The van der Waals surface area contributed by atoms with E-state index in [2.05, 4.69) is 16.3 Å². The number of hydrogen-bond acceptors (Lipinski definition) is 4. The van der Waals surface area contributed by atoms with Crippen LogP contribution in [0.4, 0.5) is 0 Å². The highest BCUT2D eigenvalue weighted by atomic mass is 32.2. The van der Waals surface area contributed by atoms with Crippen molar-refractivity contribution < 1.29 is 4.79 Å². The molecule has 88 valence electrons. The lowest BCUT2D eigenvalue weighted by Crippen LogP contribution is -2.35. The fourth-order valence-electron chi connectivity index (χ4n) is 2.04. The van der Waals surface area contributed by atoms with Crippen LogP contribution in [0.25, 0.3) is 0 Å². The van der Waals surface area contributed by atoms with E-state index < -0.39 is 0 Å². The molecule has 1 aromatic heterocycles. The normalized spacial score (nSPS) is 16.1. The number of hydrogen-bond donors (Lipinski definition) is 0. The summed E-state index contributed by atoms with van der Waals surface area (Å²) in [5, 5.41) is 4.30. The number of aldehydes is 1. The van der Waals surface area contributed by atoms with Crippen molar-refractivity contribution in [2.45, 2.75) is 20.0 Å². The molecule has 4 nitrogen and oxygen atoms in total. The van der Waals surface area contributed by atoms with E-state index in [1.807, 2.05) is 23.4 Å². The van der Waals surface area contributed by atoms with Crippen molar-refractivity contribution in [2.24, 2.45) is 0 Å². The molecule has 0 saturated carbocycles. The maximum Gasteiger partial charge on any atom is 0.170 e. The highest BCUT2D eigenvalue weighted by molar-refractivity contribution is 7.98. The maximum absolute atomic E-state index is 10.8. The minimum Gasteiger partial charge on any atom is -0.296 e. The van der Waals surface area contributed by atoms with Gasteiger partial charge in [0.05, 0.1) is 12.2 Å². The SMILES string of the molecule is CSCCN1CCn2nc(C=O)c(C)c2C1. The molecule has 16 heavy (non-hydrogen) atoms. The molecule has 0 atom stereocenters. The first-order valence-corrected chi connectivity index (χ1v) is 6.88. The Morgan fingerprint density at radius 1 is 1.50 bits per heavy atom. The lowest BCUT2D eigenvalue weighted by Gasteiger charge is -2.27. The second-order valence-corrected chi connectivity index (χ2v) is 5.05. The van der Waals surface area contributed by atoms with Crippen molar-refractivity contribution in [1.82, 2.24) is 14.7 Å². The topological polar surface area (TPSA) is 38.1 Å². The Hall–Kier alpha value is -0.810. The first-order valence-electron chi connectivity index (χ1n) is 5.49. The molecule has 0 aromatic carbocycles. The number of thioether (sulfide) groups is 1. The third-order valence-electron chi connectivity index (χ3n) is 3.08. The lowest BCUT2D eigenvalue weighted by atomic mass is 10.2. The number of fused-ring (bicyclic) bond motifs is 1. The Labute approximate surface area is 100.0 Å². The van der Waals surface area contributed by atoms with Crippen molar-refractivity contribution in [3.63, 3.8) is 0 Å². The van der Waals surface area contributed by atoms with Crippen molar-refractivity contribution in [3.05, 3.63) is 17.0 Å². The second-order valence-electron chi connectivity index (χ2n) is 4.07. The van der Waals surface area contributed by atoms with Gasteiger partial charge < -0.3 is 0 Å². The summed E-state index contributed by atoms with van der Waals surface area (Å²) in [5.41, 5.74) is 2.85. The summed E-state index contributed by atoms with van der Waals surface area (Å²) in [4.78, 5) is 13.2. The number of rotatable bonds is 4. The summed E-state index contributed by atoms with van der Waals surface area (Å²) in [7, 11) is 0. The lowest BCUT2D eigenvalue weighted by molar-refractivity contribution is 0.111. The van der Waals surface area contributed by atoms with Crippen LogP contribution in [-0.2, 0) is 13.1 Å². The van der Waals surface area contributed by atoms with Gasteiger partial charge in [0.25, 0.3) is 0 Å². The standard InChI is InChI=1S/C11H17N3OS/c1-9-10(8-15)12-14-4-3-13(5-6-16-2)7-11(9)14/h8H,3-7H2,1-2H3. The van der Waals surface area contributed by atoms with E-state index in [-0.39, 0.29) is 0 Å².